The van der Waals surface area contributed by atoms with Crippen molar-refractivity contribution in [3.63, 3.8) is 0 Å². The van der Waals surface area contributed by atoms with Crippen LogP contribution in [-0.2, 0) is 7.05 Å². The molecule has 0 unspecified atom stereocenters. The molecular weight excluding hydrogens is 346 g/mol. The monoisotopic (exact) mass is 363 g/mol. The van der Waals surface area contributed by atoms with Crippen LogP contribution in [0.3, 0.4) is 0 Å². The Morgan fingerprint density at radius 3 is 2.59 bits per heavy atom. The maximum absolute atomic E-state index is 9.24. The molecule has 0 radical (unpaired) electrons. The summed E-state index contributed by atoms with van der Waals surface area (Å²) in [6.07, 6.45) is 5.49. The molecule has 1 saturated heterocycles. The molecule has 0 aromatic carbocycles. The van der Waals surface area contributed by atoms with Gasteiger partial charge in [0.05, 0.1) is 13.3 Å². The molecule has 4 heterocycles. The molecule has 0 aliphatic carbocycles. The third kappa shape index (κ3) is 2.68. The van der Waals surface area contributed by atoms with Crippen LogP contribution in [0.4, 0.5) is 5.95 Å². The van der Waals surface area contributed by atoms with Gasteiger partial charge in [-0.1, -0.05) is 0 Å². The van der Waals surface area contributed by atoms with E-state index in [1.807, 2.05) is 17.7 Å². The van der Waals surface area contributed by atoms with Crippen molar-refractivity contribution in [2.24, 2.45) is 7.05 Å². The summed E-state index contributed by atoms with van der Waals surface area (Å²) in [6.45, 7) is 2.77. The first-order chi connectivity index (χ1) is 13.2. The van der Waals surface area contributed by atoms with Crippen LogP contribution in [0, 0.1) is 22.8 Å². The highest BCUT2D eigenvalue weighted by molar-refractivity contribution is 5.73. The van der Waals surface area contributed by atoms with Gasteiger partial charge in [0.15, 0.2) is 12.0 Å². The van der Waals surface area contributed by atoms with E-state index in [1.54, 1.807) is 22.7 Å². The van der Waals surface area contributed by atoms with Crippen molar-refractivity contribution < 1.29 is 4.74 Å². The molecule has 1 aliphatic heterocycles. The largest absolute Gasteiger partial charge is 0.494 e. The molecule has 0 N–H and O–H groups in total. The van der Waals surface area contributed by atoms with Crippen molar-refractivity contribution in [2.45, 2.75) is 0 Å². The van der Waals surface area contributed by atoms with E-state index >= 15 is 0 Å². The Labute approximate surface area is 155 Å². The summed E-state index contributed by atoms with van der Waals surface area (Å²) in [7, 11) is 3.46. The van der Waals surface area contributed by atoms with Crippen LogP contribution in [0.1, 0.15) is 5.56 Å². The molecule has 136 valence electrons. The number of ether oxygens (including phenoxy) is 1. The molecule has 0 spiro atoms. The zero-order chi connectivity index (χ0) is 19.0. The molecule has 4 rings (SSSR count). The predicted molar refractivity (Wildman–Crippen MR) is 95.9 cm³/mol. The molecule has 3 aromatic rings. The number of hydrogen-bond donors (Lipinski definition) is 0. The Hall–Kier alpha value is -3.79. The summed E-state index contributed by atoms with van der Waals surface area (Å²) in [4.78, 5) is 3.85. The standard InChI is InChI=1S/C17H17N9O/c1-23-16(21-22-17(23)25-5-3-24(11-19)4-6-25)12-7-14(27-2)15-13(8-18)9-20-26(15)10-12/h7,9-10H,3-6H2,1-2H3. The van der Waals surface area contributed by atoms with Crippen molar-refractivity contribution >= 4 is 11.5 Å². The summed E-state index contributed by atoms with van der Waals surface area (Å²) in [5, 5.41) is 31.2. The van der Waals surface area contributed by atoms with E-state index in [1.165, 1.54) is 6.20 Å². The molecule has 0 atom stereocenters. The topological polar surface area (TPSA) is 111 Å². The number of anilines is 1. The van der Waals surface area contributed by atoms with Gasteiger partial charge in [-0.2, -0.15) is 15.6 Å². The zero-order valence-corrected chi connectivity index (χ0v) is 15.0. The van der Waals surface area contributed by atoms with Crippen LogP contribution < -0.4 is 9.64 Å². The van der Waals surface area contributed by atoms with E-state index in [4.69, 9.17) is 10.00 Å². The van der Waals surface area contributed by atoms with Gasteiger partial charge in [0.2, 0.25) is 5.95 Å². The van der Waals surface area contributed by atoms with E-state index in [2.05, 4.69) is 32.5 Å². The number of rotatable bonds is 3. The first-order valence-electron chi connectivity index (χ1n) is 8.41. The highest BCUT2D eigenvalue weighted by atomic mass is 16.5. The molecule has 10 nitrogen and oxygen atoms in total. The lowest BCUT2D eigenvalue weighted by Crippen LogP contribution is -2.45. The second-order valence-corrected chi connectivity index (χ2v) is 6.22. The summed E-state index contributed by atoms with van der Waals surface area (Å²) >= 11 is 0. The second-order valence-electron chi connectivity index (χ2n) is 6.22. The van der Waals surface area contributed by atoms with E-state index in [9.17, 15) is 5.26 Å². The number of aromatic nitrogens is 5. The fourth-order valence-corrected chi connectivity index (χ4v) is 3.30. The average molecular weight is 363 g/mol. The Bertz CT molecular complexity index is 1080. The van der Waals surface area contributed by atoms with Gasteiger partial charge in [0.25, 0.3) is 0 Å². The maximum atomic E-state index is 9.24. The number of piperazine rings is 1. The molecule has 27 heavy (non-hydrogen) atoms. The number of nitriles is 2. The fourth-order valence-electron chi connectivity index (χ4n) is 3.30. The van der Waals surface area contributed by atoms with E-state index in [0.29, 0.717) is 48.8 Å². The third-order valence-electron chi connectivity index (χ3n) is 4.73. The van der Waals surface area contributed by atoms with Crippen LogP contribution in [0.2, 0.25) is 0 Å². The molecule has 1 fully saturated rings. The molecule has 10 heteroatoms. The van der Waals surface area contributed by atoms with Crippen molar-refractivity contribution in [1.29, 1.82) is 10.5 Å². The van der Waals surface area contributed by atoms with Crippen molar-refractivity contribution in [1.82, 2.24) is 29.3 Å². The third-order valence-corrected chi connectivity index (χ3v) is 4.73. The first-order valence-corrected chi connectivity index (χ1v) is 8.41. The quantitative estimate of drug-likeness (QED) is 0.623. The lowest BCUT2D eigenvalue weighted by atomic mass is 10.2. The molecule has 3 aromatic heterocycles. The summed E-state index contributed by atoms with van der Waals surface area (Å²) in [6, 6.07) is 3.95. The van der Waals surface area contributed by atoms with Crippen LogP contribution >= 0.6 is 0 Å². The first kappa shape index (κ1) is 16.7. The summed E-state index contributed by atoms with van der Waals surface area (Å²) in [5.74, 6) is 1.97. The zero-order valence-electron chi connectivity index (χ0n) is 15.0. The van der Waals surface area contributed by atoms with Crippen LogP contribution in [0.5, 0.6) is 5.75 Å². The van der Waals surface area contributed by atoms with E-state index in [-0.39, 0.29) is 0 Å². The van der Waals surface area contributed by atoms with E-state index in [0.717, 1.165) is 11.5 Å². The maximum Gasteiger partial charge on any atom is 0.227 e. The fraction of sp³-hybridized carbons (Fsp3) is 0.353. The van der Waals surface area contributed by atoms with Gasteiger partial charge in [-0.15, -0.1) is 10.2 Å². The molecule has 0 saturated carbocycles. The van der Waals surface area contributed by atoms with Gasteiger partial charge in [-0.25, -0.2) is 4.52 Å². The number of hydrogen-bond acceptors (Lipinski definition) is 8. The Balaban J connectivity index is 1.72. The predicted octanol–water partition coefficient (Wildman–Crippen LogP) is 0.613. The SMILES string of the molecule is COc1cc(-c2nnc(N3CCN(C#N)CC3)n2C)cn2ncc(C#N)c12. The lowest BCUT2D eigenvalue weighted by molar-refractivity contribution is 0.359. The number of nitrogens with zero attached hydrogens (tertiary/aromatic N) is 9. The molecule has 0 amide bonds. The Morgan fingerprint density at radius 2 is 1.93 bits per heavy atom. The highest BCUT2D eigenvalue weighted by Crippen LogP contribution is 2.30. The average Bonchev–Trinajstić information content (AvgIpc) is 3.30. The van der Waals surface area contributed by atoms with Gasteiger partial charge in [-0.05, 0) is 6.07 Å². The Morgan fingerprint density at radius 1 is 1.15 bits per heavy atom. The van der Waals surface area contributed by atoms with Crippen LogP contribution in [0.25, 0.3) is 16.9 Å². The number of fused-ring (bicyclic) bond motifs is 1. The number of methoxy groups -OCH3 is 1. The second kappa shape index (κ2) is 6.50. The minimum absolute atomic E-state index is 0.451. The van der Waals surface area contributed by atoms with Crippen LogP contribution in [0.15, 0.2) is 18.5 Å². The van der Waals surface area contributed by atoms with Gasteiger partial charge < -0.3 is 14.5 Å². The molecule has 1 aliphatic rings. The minimum Gasteiger partial charge on any atom is -0.494 e. The van der Waals surface area contributed by atoms with E-state index < -0.39 is 0 Å². The van der Waals surface area contributed by atoms with Crippen molar-refractivity contribution in [3.8, 4) is 29.4 Å². The molecule has 0 bridgehead atoms. The van der Waals surface area contributed by atoms with Crippen LogP contribution in [-0.4, -0.2) is 62.6 Å². The molecular formula is C17H17N9O. The van der Waals surface area contributed by atoms with Gasteiger partial charge >= 0.3 is 0 Å². The summed E-state index contributed by atoms with van der Waals surface area (Å²) < 4.78 is 8.99. The lowest BCUT2D eigenvalue weighted by Gasteiger charge is -2.31. The normalized spacial score (nSPS) is 14.2. The van der Waals surface area contributed by atoms with Gasteiger partial charge in [0, 0.05) is 45.0 Å². The minimum atomic E-state index is 0.451. The summed E-state index contributed by atoms with van der Waals surface area (Å²) in [5.41, 5.74) is 1.86. The van der Waals surface area contributed by atoms with Crippen molar-refractivity contribution in [3.05, 3.63) is 24.0 Å². The number of pyridine rings is 1. The van der Waals surface area contributed by atoms with Crippen molar-refractivity contribution in [2.75, 3.05) is 38.2 Å². The smallest absolute Gasteiger partial charge is 0.227 e. The van der Waals surface area contributed by atoms with Gasteiger partial charge in [-0.3, -0.25) is 4.57 Å². The Kier molecular flexibility index (Phi) is 4.01. The highest BCUT2D eigenvalue weighted by Gasteiger charge is 2.22. The van der Waals surface area contributed by atoms with Gasteiger partial charge in [0.1, 0.15) is 22.9 Å².